The molecule has 0 unspecified atom stereocenters. The molecule has 8 heteroatoms. The maximum Gasteiger partial charge on any atom is 0.226 e. The first-order valence-electron chi connectivity index (χ1n) is 12.1. The summed E-state index contributed by atoms with van der Waals surface area (Å²) in [4.78, 5) is 27.3. The molecule has 0 spiro atoms. The van der Waals surface area contributed by atoms with Crippen LogP contribution in [0.5, 0.6) is 5.75 Å². The second-order valence-corrected chi connectivity index (χ2v) is 12.5. The van der Waals surface area contributed by atoms with E-state index in [4.69, 9.17) is 4.74 Å². The van der Waals surface area contributed by atoms with Crippen molar-refractivity contribution >= 4 is 21.7 Å². The van der Waals surface area contributed by atoms with Gasteiger partial charge in [-0.25, -0.2) is 8.42 Å². The van der Waals surface area contributed by atoms with Crippen LogP contribution in [0.4, 0.5) is 0 Å². The van der Waals surface area contributed by atoms with Crippen molar-refractivity contribution in [2.24, 2.45) is 23.2 Å². The van der Waals surface area contributed by atoms with Crippen LogP contribution in [0.3, 0.4) is 0 Å². The first-order chi connectivity index (χ1) is 15.6. The summed E-state index contributed by atoms with van der Waals surface area (Å²) in [5.41, 5.74) is -0.171. The fourth-order valence-electron chi connectivity index (χ4n) is 6.46. The Morgan fingerprint density at radius 1 is 1.12 bits per heavy atom. The highest BCUT2D eigenvalue weighted by molar-refractivity contribution is 7.90. The maximum atomic E-state index is 13.0. The van der Waals surface area contributed by atoms with E-state index in [-0.39, 0.29) is 22.1 Å². The van der Waals surface area contributed by atoms with Crippen molar-refractivity contribution in [3.8, 4) is 5.75 Å². The Bertz CT molecular complexity index is 955. The van der Waals surface area contributed by atoms with E-state index in [2.05, 4.69) is 5.32 Å². The zero-order valence-electron chi connectivity index (χ0n) is 19.7. The molecule has 2 amide bonds. The number of nitrogens with one attached hydrogen (secondary N) is 1. The van der Waals surface area contributed by atoms with E-state index in [0.29, 0.717) is 38.3 Å². The standard InChI is InChI=1S/C25H36N2O5S/c1-27(9-4-10-32-21-5-3-6-22(14-21)33(2,30)31)23(28)7-8-26-24(29)25-15-18-11-19(16-25)13-20(12-18)17-25/h3,5-6,14,18-20H,4,7-13,15-17H2,1-2H3,(H,26,29). The molecular formula is C25H36N2O5S. The van der Waals surface area contributed by atoms with Gasteiger partial charge in [-0.05, 0) is 80.9 Å². The van der Waals surface area contributed by atoms with Gasteiger partial charge in [0.05, 0.1) is 11.5 Å². The molecule has 1 N–H and O–H groups in total. The first-order valence-corrected chi connectivity index (χ1v) is 14.0. The fourth-order valence-corrected chi connectivity index (χ4v) is 7.12. The zero-order chi connectivity index (χ0) is 23.6. The second-order valence-electron chi connectivity index (χ2n) is 10.5. The normalized spacial score (nSPS) is 27.9. The molecule has 4 aliphatic rings. The molecule has 4 bridgehead atoms. The molecule has 4 saturated carbocycles. The number of hydrogen-bond donors (Lipinski definition) is 1. The molecule has 33 heavy (non-hydrogen) atoms. The molecule has 182 valence electrons. The molecule has 1 aromatic rings. The summed E-state index contributed by atoms with van der Waals surface area (Å²) in [5, 5.41) is 3.07. The highest BCUT2D eigenvalue weighted by Gasteiger charge is 2.54. The number of rotatable bonds is 10. The summed E-state index contributed by atoms with van der Waals surface area (Å²) >= 11 is 0. The molecule has 4 fully saturated rings. The zero-order valence-corrected chi connectivity index (χ0v) is 20.5. The van der Waals surface area contributed by atoms with E-state index in [9.17, 15) is 18.0 Å². The quantitative estimate of drug-likeness (QED) is 0.524. The summed E-state index contributed by atoms with van der Waals surface area (Å²) in [5.74, 6) is 2.85. The van der Waals surface area contributed by atoms with Crippen molar-refractivity contribution in [1.29, 1.82) is 0 Å². The Kier molecular flexibility index (Phi) is 7.03. The van der Waals surface area contributed by atoms with E-state index >= 15 is 0 Å². The number of ether oxygens (including phenoxy) is 1. The topological polar surface area (TPSA) is 92.8 Å². The lowest BCUT2D eigenvalue weighted by molar-refractivity contribution is -0.146. The van der Waals surface area contributed by atoms with Crippen molar-refractivity contribution in [2.75, 3.05) is 33.0 Å². The van der Waals surface area contributed by atoms with Gasteiger partial charge >= 0.3 is 0 Å². The molecule has 0 aliphatic heterocycles. The minimum Gasteiger partial charge on any atom is -0.493 e. The Balaban J connectivity index is 1.14. The number of nitrogens with zero attached hydrogens (tertiary/aromatic N) is 1. The number of benzene rings is 1. The van der Waals surface area contributed by atoms with Crippen LogP contribution >= 0.6 is 0 Å². The predicted octanol–water partition coefficient (Wildman–Crippen LogP) is 3.04. The number of sulfone groups is 1. The largest absolute Gasteiger partial charge is 0.493 e. The van der Waals surface area contributed by atoms with Crippen LogP contribution in [-0.4, -0.2) is 58.1 Å². The lowest BCUT2D eigenvalue weighted by atomic mass is 9.49. The maximum absolute atomic E-state index is 13.0. The summed E-state index contributed by atoms with van der Waals surface area (Å²) in [6.07, 6.45) is 9.12. The van der Waals surface area contributed by atoms with Gasteiger partial charge in [0.15, 0.2) is 9.84 Å². The van der Waals surface area contributed by atoms with Crippen molar-refractivity contribution in [3.63, 3.8) is 0 Å². The second kappa shape index (κ2) is 9.65. The number of carbonyl (C=O) groups excluding carboxylic acids is 2. The van der Waals surface area contributed by atoms with E-state index in [1.54, 1.807) is 24.1 Å². The third-order valence-electron chi connectivity index (χ3n) is 7.71. The van der Waals surface area contributed by atoms with Gasteiger partial charge in [0.1, 0.15) is 5.75 Å². The van der Waals surface area contributed by atoms with Crippen molar-refractivity contribution in [3.05, 3.63) is 24.3 Å². The van der Waals surface area contributed by atoms with Crippen LogP contribution < -0.4 is 10.1 Å². The molecular weight excluding hydrogens is 440 g/mol. The minimum absolute atomic E-state index is 0.000106. The van der Waals surface area contributed by atoms with E-state index < -0.39 is 9.84 Å². The molecule has 7 nitrogen and oxygen atoms in total. The minimum atomic E-state index is -3.27. The fraction of sp³-hybridized carbons (Fsp3) is 0.680. The Labute approximate surface area is 197 Å². The Hall–Kier alpha value is -2.09. The summed E-state index contributed by atoms with van der Waals surface area (Å²) in [6.45, 7) is 1.31. The van der Waals surface area contributed by atoms with Gasteiger partial charge in [-0.1, -0.05) is 6.07 Å². The first kappa shape index (κ1) is 24.0. The third kappa shape index (κ3) is 5.70. The monoisotopic (exact) mass is 476 g/mol. The number of carbonyl (C=O) groups is 2. The van der Waals surface area contributed by atoms with E-state index in [0.717, 1.165) is 43.3 Å². The van der Waals surface area contributed by atoms with Crippen molar-refractivity contribution in [2.45, 2.75) is 56.3 Å². The van der Waals surface area contributed by atoms with Gasteiger partial charge < -0.3 is 15.0 Å². The van der Waals surface area contributed by atoms with Crippen LogP contribution in [-0.2, 0) is 19.4 Å². The number of amides is 2. The SMILES string of the molecule is CN(CCCOc1cccc(S(C)(=O)=O)c1)C(=O)CCNC(=O)C12CC3CC(CC(C3)C1)C2. The van der Waals surface area contributed by atoms with Crippen LogP contribution in [0, 0.1) is 23.2 Å². The lowest BCUT2D eigenvalue weighted by Gasteiger charge is -2.55. The van der Waals surface area contributed by atoms with Gasteiger partial charge in [-0.15, -0.1) is 0 Å². The van der Waals surface area contributed by atoms with Crippen molar-refractivity contribution in [1.82, 2.24) is 10.2 Å². The van der Waals surface area contributed by atoms with Crippen LogP contribution in [0.15, 0.2) is 29.2 Å². The Morgan fingerprint density at radius 2 is 1.76 bits per heavy atom. The van der Waals surface area contributed by atoms with E-state index in [1.165, 1.54) is 31.4 Å². The molecule has 0 saturated heterocycles. The lowest BCUT2D eigenvalue weighted by Crippen LogP contribution is -2.53. The average Bonchev–Trinajstić information content (AvgIpc) is 2.75. The van der Waals surface area contributed by atoms with Gasteiger partial charge in [-0.3, -0.25) is 9.59 Å². The summed E-state index contributed by atoms with van der Waals surface area (Å²) in [7, 11) is -1.51. The predicted molar refractivity (Wildman–Crippen MR) is 126 cm³/mol. The molecule has 0 heterocycles. The van der Waals surface area contributed by atoms with Gasteiger partial charge in [0.25, 0.3) is 0 Å². The van der Waals surface area contributed by atoms with Gasteiger partial charge in [0, 0.05) is 38.2 Å². The molecule has 5 rings (SSSR count). The summed E-state index contributed by atoms with van der Waals surface area (Å²) in [6, 6.07) is 6.42. The van der Waals surface area contributed by atoms with Crippen LogP contribution in [0.25, 0.3) is 0 Å². The van der Waals surface area contributed by atoms with Crippen molar-refractivity contribution < 1.29 is 22.7 Å². The summed E-state index contributed by atoms with van der Waals surface area (Å²) < 4.78 is 28.9. The molecule has 1 aromatic carbocycles. The third-order valence-corrected chi connectivity index (χ3v) is 8.82. The highest BCUT2D eigenvalue weighted by Crippen LogP contribution is 2.60. The van der Waals surface area contributed by atoms with Gasteiger partial charge in [-0.2, -0.15) is 0 Å². The smallest absolute Gasteiger partial charge is 0.226 e. The molecule has 0 radical (unpaired) electrons. The molecule has 0 aromatic heterocycles. The molecule has 4 aliphatic carbocycles. The molecule has 0 atom stereocenters. The van der Waals surface area contributed by atoms with Crippen LogP contribution in [0.2, 0.25) is 0 Å². The highest BCUT2D eigenvalue weighted by atomic mass is 32.2. The average molecular weight is 477 g/mol. The Morgan fingerprint density at radius 3 is 2.36 bits per heavy atom. The van der Waals surface area contributed by atoms with Gasteiger partial charge in [0.2, 0.25) is 11.8 Å². The van der Waals surface area contributed by atoms with E-state index in [1.807, 2.05) is 0 Å². The van der Waals surface area contributed by atoms with Crippen LogP contribution in [0.1, 0.15) is 51.4 Å². The number of hydrogen-bond acceptors (Lipinski definition) is 5.